The molecule has 0 aliphatic carbocycles. The fraction of sp³-hybridized carbons (Fsp3) is 0.429. The number of hydrogen-bond acceptors (Lipinski definition) is 4. The Hall–Kier alpha value is -1.92. The van der Waals surface area contributed by atoms with Crippen molar-refractivity contribution in [2.24, 2.45) is 5.73 Å². The van der Waals surface area contributed by atoms with Crippen molar-refractivity contribution in [1.29, 1.82) is 0 Å². The molecule has 1 saturated heterocycles. The molecule has 1 fully saturated rings. The molecule has 2 rings (SSSR count). The minimum atomic E-state index is -1.32. The van der Waals surface area contributed by atoms with Crippen molar-refractivity contribution < 1.29 is 19.8 Å². The van der Waals surface area contributed by atoms with Crippen LogP contribution in [0.15, 0.2) is 30.3 Å². The Balaban J connectivity index is 2.28. The summed E-state index contributed by atoms with van der Waals surface area (Å²) in [7, 11) is 0. The number of nitrogens with two attached hydrogens (primary N) is 1. The van der Waals surface area contributed by atoms with E-state index in [4.69, 9.17) is 10.8 Å². The molecule has 108 valence electrons. The van der Waals surface area contributed by atoms with Crippen LogP contribution in [0.1, 0.15) is 18.9 Å². The Bertz CT molecular complexity index is 515. The number of hydrogen-bond donors (Lipinski definition) is 3. The summed E-state index contributed by atoms with van der Waals surface area (Å²) in [5.41, 5.74) is 5.39. The SMILES string of the molecule is CC(N)(C(=O)N1C[C@@H](O)C[C@H]1C(=O)O)c1ccccc1. The average Bonchev–Trinajstić information content (AvgIpc) is 2.81. The van der Waals surface area contributed by atoms with Crippen molar-refractivity contribution in [3.63, 3.8) is 0 Å². The molecule has 0 bridgehead atoms. The van der Waals surface area contributed by atoms with Gasteiger partial charge in [-0.15, -0.1) is 0 Å². The first-order valence-corrected chi connectivity index (χ1v) is 6.40. The van der Waals surface area contributed by atoms with Crippen LogP contribution in [0.25, 0.3) is 0 Å². The Morgan fingerprint density at radius 2 is 1.95 bits per heavy atom. The second-order valence-electron chi connectivity index (χ2n) is 5.27. The highest BCUT2D eigenvalue weighted by atomic mass is 16.4. The Kier molecular flexibility index (Phi) is 3.78. The van der Waals surface area contributed by atoms with E-state index < -0.39 is 29.6 Å². The predicted octanol–water partition coefficient (Wildman–Crippen LogP) is -0.0931. The largest absolute Gasteiger partial charge is 0.480 e. The zero-order chi connectivity index (χ0) is 14.9. The van der Waals surface area contributed by atoms with Gasteiger partial charge >= 0.3 is 5.97 Å². The van der Waals surface area contributed by atoms with Crippen molar-refractivity contribution in [3.05, 3.63) is 35.9 Å². The van der Waals surface area contributed by atoms with Crippen molar-refractivity contribution >= 4 is 11.9 Å². The first kappa shape index (κ1) is 14.5. The number of carbonyl (C=O) groups excluding carboxylic acids is 1. The van der Waals surface area contributed by atoms with Gasteiger partial charge in [-0.25, -0.2) is 4.79 Å². The maximum absolute atomic E-state index is 12.6. The van der Waals surface area contributed by atoms with Crippen LogP contribution in [-0.4, -0.2) is 45.7 Å². The van der Waals surface area contributed by atoms with E-state index in [1.54, 1.807) is 31.2 Å². The van der Waals surface area contributed by atoms with E-state index >= 15 is 0 Å². The van der Waals surface area contributed by atoms with Gasteiger partial charge in [0.05, 0.1) is 6.10 Å². The van der Waals surface area contributed by atoms with Crippen molar-refractivity contribution in [3.8, 4) is 0 Å². The number of carboxylic acid groups (broad SMARTS) is 1. The van der Waals surface area contributed by atoms with Crippen LogP contribution in [0.5, 0.6) is 0 Å². The van der Waals surface area contributed by atoms with Crippen LogP contribution < -0.4 is 5.73 Å². The van der Waals surface area contributed by atoms with Crippen molar-refractivity contribution in [1.82, 2.24) is 4.90 Å². The number of carboxylic acids is 1. The number of rotatable bonds is 3. The van der Waals surface area contributed by atoms with Gasteiger partial charge in [0.2, 0.25) is 5.91 Å². The third kappa shape index (κ3) is 2.52. The van der Waals surface area contributed by atoms with Gasteiger partial charge in [-0.05, 0) is 12.5 Å². The number of β-amino-alcohol motifs (C(OH)–C–C–N with tert-alkyl or cyclic N) is 1. The molecule has 0 radical (unpaired) electrons. The minimum absolute atomic E-state index is 0.00454. The average molecular weight is 278 g/mol. The number of aliphatic hydroxyl groups is 1. The molecule has 3 atom stereocenters. The van der Waals surface area contributed by atoms with Gasteiger partial charge in [0.15, 0.2) is 0 Å². The molecule has 1 aromatic rings. The van der Waals surface area contributed by atoms with Gasteiger partial charge in [0.1, 0.15) is 11.6 Å². The molecule has 4 N–H and O–H groups in total. The van der Waals surface area contributed by atoms with Gasteiger partial charge in [-0.3, -0.25) is 4.79 Å². The van der Waals surface area contributed by atoms with E-state index in [9.17, 15) is 14.7 Å². The molecule has 1 amide bonds. The summed E-state index contributed by atoms with van der Waals surface area (Å²) < 4.78 is 0. The molecule has 6 nitrogen and oxygen atoms in total. The second kappa shape index (κ2) is 5.22. The summed E-state index contributed by atoms with van der Waals surface area (Å²) in [5, 5.41) is 18.7. The van der Waals surface area contributed by atoms with E-state index in [1.165, 1.54) is 0 Å². The van der Waals surface area contributed by atoms with Gasteiger partial charge < -0.3 is 20.8 Å². The monoisotopic (exact) mass is 278 g/mol. The smallest absolute Gasteiger partial charge is 0.326 e. The molecule has 1 aromatic carbocycles. The Morgan fingerprint density at radius 1 is 1.35 bits per heavy atom. The molecule has 1 aliphatic heterocycles. The molecule has 1 unspecified atom stereocenters. The third-order valence-corrected chi connectivity index (χ3v) is 3.64. The molecule has 20 heavy (non-hydrogen) atoms. The lowest BCUT2D eigenvalue weighted by molar-refractivity contribution is -0.150. The van der Waals surface area contributed by atoms with Crippen LogP contribution in [-0.2, 0) is 15.1 Å². The highest BCUT2D eigenvalue weighted by molar-refractivity contribution is 5.91. The Labute approximate surface area is 116 Å². The lowest BCUT2D eigenvalue weighted by atomic mass is 9.91. The van der Waals surface area contributed by atoms with Crippen LogP contribution in [0, 0.1) is 0 Å². The topological polar surface area (TPSA) is 104 Å². The summed E-state index contributed by atoms with van der Waals surface area (Å²) in [4.78, 5) is 24.9. The third-order valence-electron chi connectivity index (χ3n) is 3.64. The van der Waals surface area contributed by atoms with E-state index in [0.717, 1.165) is 4.90 Å². The number of nitrogens with zero attached hydrogens (tertiary/aromatic N) is 1. The summed E-state index contributed by atoms with van der Waals surface area (Å²) in [5.74, 6) is -1.62. The number of likely N-dealkylation sites (tertiary alicyclic amines) is 1. The standard InChI is InChI=1S/C14H18N2O4/c1-14(15,9-5-3-2-4-6-9)13(20)16-8-10(17)7-11(16)12(18)19/h2-6,10-11,17H,7-8,15H2,1H3,(H,18,19)/t10-,11-,14?/m0/s1. The first-order chi connectivity index (χ1) is 9.34. The highest BCUT2D eigenvalue weighted by Crippen LogP contribution is 2.26. The fourth-order valence-corrected chi connectivity index (χ4v) is 2.48. The summed E-state index contributed by atoms with van der Waals surface area (Å²) in [6, 6.07) is 7.76. The minimum Gasteiger partial charge on any atom is -0.480 e. The number of amides is 1. The summed E-state index contributed by atoms with van der Waals surface area (Å²) in [6.45, 7) is 1.55. The molecular weight excluding hydrogens is 260 g/mol. The number of aliphatic hydroxyl groups excluding tert-OH is 1. The van der Waals surface area contributed by atoms with E-state index in [-0.39, 0.29) is 13.0 Å². The normalized spacial score (nSPS) is 25.2. The van der Waals surface area contributed by atoms with Crippen LogP contribution in [0.2, 0.25) is 0 Å². The molecule has 1 heterocycles. The molecule has 0 spiro atoms. The Morgan fingerprint density at radius 3 is 2.50 bits per heavy atom. The van der Waals surface area contributed by atoms with Gasteiger partial charge in [-0.1, -0.05) is 30.3 Å². The zero-order valence-electron chi connectivity index (χ0n) is 11.2. The van der Waals surface area contributed by atoms with Gasteiger partial charge in [-0.2, -0.15) is 0 Å². The molecule has 0 saturated carbocycles. The zero-order valence-corrected chi connectivity index (χ0v) is 11.2. The van der Waals surface area contributed by atoms with E-state index in [1.807, 2.05) is 6.07 Å². The van der Waals surface area contributed by atoms with Crippen molar-refractivity contribution in [2.45, 2.75) is 31.0 Å². The number of carbonyl (C=O) groups is 2. The van der Waals surface area contributed by atoms with Gasteiger partial charge in [0.25, 0.3) is 0 Å². The number of aliphatic carboxylic acids is 1. The van der Waals surface area contributed by atoms with Crippen LogP contribution >= 0.6 is 0 Å². The summed E-state index contributed by atoms with van der Waals surface area (Å²) >= 11 is 0. The maximum Gasteiger partial charge on any atom is 0.326 e. The lowest BCUT2D eigenvalue weighted by Gasteiger charge is -2.31. The lowest BCUT2D eigenvalue weighted by Crippen LogP contribution is -2.54. The van der Waals surface area contributed by atoms with E-state index in [2.05, 4.69) is 0 Å². The fourth-order valence-electron chi connectivity index (χ4n) is 2.48. The quantitative estimate of drug-likeness (QED) is 0.716. The molecular formula is C14H18N2O4. The van der Waals surface area contributed by atoms with Crippen LogP contribution in [0.3, 0.4) is 0 Å². The van der Waals surface area contributed by atoms with Crippen molar-refractivity contribution in [2.75, 3.05) is 6.54 Å². The second-order valence-corrected chi connectivity index (χ2v) is 5.27. The molecule has 6 heteroatoms. The first-order valence-electron chi connectivity index (χ1n) is 6.40. The van der Waals surface area contributed by atoms with Crippen LogP contribution in [0.4, 0.5) is 0 Å². The molecule has 0 aromatic heterocycles. The molecule has 1 aliphatic rings. The van der Waals surface area contributed by atoms with E-state index in [0.29, 0.717) is 5.56 Å². The van der Waals surface area contributed by atoms with Gasteiger partial charge in [0, 0.05) is 13.0 Å². The maximum atomic E-state index is 12.6. The summed E-state index contributed by atoms with van der Waals surface area (Å²) in [6.07, 6.45) is -0.794. The number of benzene rings is 1. The predicted molar refractivity (Wildman–Crippen MR) is 71.7 cm³/mol. The highest BCUT2D eigenvalue weighted by Gasteiger charge is 2.44.